The van der Waals surface area contributed by atoms with Crippen LogP contribution >= 0.6 is 31.9 Å². The lowest BCUT2D eigenvalue weighted by Gasteiger charge is -2.13. The van der Waals surface area contributed by atoms with E-state index in [-0.39, 0.29) is 0 Å². The minimum Gasteiger partial charge on any atom is -0.490 e. The molecule has 0 saturated carbocycles. The maximum absolute atomic E-state index is 5.83. The van der Waals surface area contributed by atoms with Crippen LogP contribution in [0.3, 0.4) is 0 Å². The van der Waals surface area contributed by atoms with E-state index in [1.807, 2.05) is 42.5 Å². The summed E-state index contributed by atoms with van der Waals surface area (Å²) in [7, 11) is 0. The first-order valence-electron chi connectivity index (χ1n) is 6.69. The van der Waals surface area contributed by atoms with Gasteiger partial charge in [-0.15, -0.1) is 0 Å². The van der Waals surface area contributed by atoms with Crippen LogP contribution in [0.4, 0.5) is 0 Å². The largest absolute Gasteiger partial charge is 0.490 e. The quantitative estimate of drug-likeness (QED) is 0.691. The van der Waals surface area contributed by atoms with Gasteiger partial charge in [-0.05, 0) is 64.8 Å². The smallest absolute Gasteiger partial charge is 0.136 e. The lowest BCUT2D eigenvalue weighted by atomic mass is 10.1. The molecule has 0 aliphatic heterocycles. The summed E-state index contributed by atoms with van der Waals surface area (Å²) in [4.78, 5) is 0. The van der Waals surface area contributed by atoms with Crippen molar-refractivity contribution in [2.75, 3.05) is 19.8 Å². The molecule has 0 saturated heterocycles. The van der Waals surface area contributed by atoms with Crippen LogP contribution in [-0.2, 0) is 6.42 Å². The van der Waals surface area contributed by atoms with E-state index in [4.69, 9.17) is 15.2 Å². The molecule has 0 spiro atoms. The van der Waals surface area contributed by atoms with E-state index in [2.05, 4.69) is 31.9 Å². The van der Waals surface area contributed by atoms with Crippen molar-refractivity contribution in [3.05, 3.63) is 57.0 Å². The summed E-state index contributed by atoms with van der Waals surface area (Å²) in [5.41, 5.74) is 6.73. The summed E-state index contributed by atoms with van der Waals surface area (Å²) in [6.07, 6.45) is 0.794. The van der Waals surface area contributed by atoms with Crippen LogP contribution in [0.5, 0.6) is 11.5 Å². The predicted molar refractivity (Wildman–Crippen MR) is 92.0 cm³/mol. The number of nitrogens with two attached hydrogens (primary N) is 1. The van der Waals surface area contributed by atoms with Crippen molar-refractivity contribution in [3.8, 4) is 11.5 Å². The van der Waals surface area contributed by atoms with Crippen LogP contribution in [0.25, 0.3) is 0 Å². The van der Waals surface area contributed by atoms with Gasteiger partial charge in [0.1, 0.15) is 24.7 Å². The van der Waals surface area contributed by atoms with Gasteiger partial charge < -0.3 is 15.2 Å². The summed E-state index contributed by atoms with van der Waals surface area (Å²) in [6, 6.07) is 13.7. The fourth-order valence-corrected chi connectivity index (χ4v) is 2.69. The minimum absolute atomic E-state index is 0.482. The molecular formula is C16H17Br2NO2. The highest BCUT2D eigenvalue weighted by atomic mass is 79.9. The molecule has 0 aliphatic rings. The molecule has 0 aliphatic carbocycles. The minimum atomic E-state index is 0.482. The predicted octanol–water partition coefficient (Wildman–Crippen LogP) is 4.17. The van der Waals surface area contributed by atoms with Crippen molar-refractivity contribution in [1.29, 1.82) is 0 Å². The highest BCUT2D eigenvalue weighted by Gasteiger charge is 2.07. The molecule has 112 valence electrons. The number of hydrogen-bond donors (Lipinski definition) is 1. The Morgan fingerprint density at radius 3 is 2.33 bits per heavy atom. The van der Waals surface area contributed by atoms with Gasteiger partial charge in [-0.1, -0.05) is 28.1 Å². The summed E-state index contributed by atoms with van der Waals surface area (Å²) in [5, 5.41) is 0. The molecule has 2 aromatic carbocycles. The Bertz CT molecular complexity index is 573. The van der Waals surface area contributed by atoms with E-state index in [9.17, 15) is 0 Å². The zero-order valence-corrected chi connectivity index (χ0v) is 14.7. The molecule has 0 atom stereocenters. The van der Waals surface area contributed by atoms with Crippen molar-refractivity contribution in [1.82, 2.24) is 0 Å². The first-order chi connectivity index (χ1) is 10.2. The van der Waals surface area contributed by atoms with E-state index in [0.29, 0.717) is 19.8 Å². The van der Waals surface area contributed by atoms with Gasteiger partial charge in [0.25, 0.3) is 0 Å². The molecule has 0 unspecified atom stereocenters. The van der Waals surface area contributed by atoms with Gasteiger partial charge >= 0.3 is 0 Å². The van der Waals surface area contributed by atoms with E-state index in [1.54, 1.807) is 0 Å². The molecule has 2 rings (SSSR count). The number of hydrogen-bond acceptors (Lipinski definition) is 3. The lowest BCUT2D eigenvalue weighted by Crippen LogP contribution is -2.11. The Morgan fingerprint density at radius 2 is 1.62 bits per heavy atom. The number of benzene rings is 2. The van der Waals surface area contributed by atoms with Crippen LogP contribution in [0.1, 0.15) is 5.56 Å². The van der Waals surface area contributed by atoms with Gasteiger partial charge in [-0.25, -0.2) is 0 Å². The third-order valence-corrected chi connectivity index (χ3v) is 4.03. The van der Waals surface area contributed by atoms with Crippen molar-refractivity contribution in [2.45, 2.75) is 6.42 Å². The van der Waals surface area contributed by atoms with E-state index < -0.39 is 0 Å². The number of halogens is 2. The molecular weight excluding hydrogens is 398 g/mol. The number of rotatable bonds is 7. The molecule has 0 aromatic heterocycles. The summed E-state index contributed by atoms with van der Waals surface area (Å²) >= 11 is 6.90. The zero-order chi connectivity index (χ0) is 15.1. The van der Waals surface area contributed by atoms with Gasteiger partial charge in [0.15, 0.2) is 0 Å². The van der Waals surface area contributed by atoms with Crippen LogP contribution in [0.2, 0.25) is 0 Å². The van der Waals surface area contributed by atoms with Gasteiger partial charge in [0.2, 0.25) is 0 Å². The third-order valence-electron chi connectivity index (χ3n) is 2.87. The monoisotopic (exact) mass is 413 g/mol. The first-order valence-corrected chi connectivity index (χ1v) is 8.28. The first kappa shape index (κ1) is 16.3. The molecule has 0 fully saturated rings. The molecule has 2 N–H and O–H groups in total. The lowest BCUT2D eigenvalue weighted by molar-refractivity contribution is 0.215. The average Bonchev–Trinajstić information content (AvgIpc) is 2.48. The van der Waals surface area contributed by atoms with Crippen molar-refractivity contribution < 1.29 is 9.47 Å². The molecule has 0 heterocycles. The van der Waals surface area contributed by atoms with Gasteiger partial charge in [0.05, 0.1) is 4.47 Å². The Morgan fingerprint density at radius 1 is 0.905 bits per heavy atom. The van der Waals surface area contributed by atoms with Crippen LogP contribution in [0, 0.1) is 0 Å². The highest BCUT2D eigenvalue weighted by molar-refractivity contribution is 9.10. The second-order valence-corrected chi connectivity index (χ2v) is 6.19. The Hall–Kier alpha value is -1.04. The number of ether oxygens (including phenoxy) is 2. The summed E-state index contributed by atoms with van der Waals surface area (Å²) < 4.78 is 13.4. The van der Waals surface area contributed by atoms with Crippen molar-refractivity contribution in [2.24, 2.45) is 5.73 Å². The maximum atomic E-state index is 5.83. The van der Waals surface area contributed by atoms with Crippen molar-refractivity contribution in [3.63, 3.8) is 0 Å². The maximum Gasteiger partial charge on any atom is 0.136 e. The Balaban J connectivity index is 1.87. The second kappa shape index (κ2) is 8.41. The standard InChI is InChI=1S/C16H17Br2NO2/c17-13-4-6-14(7-5-13)20-10-11-21-16-12(8-9-19)2-1-3-15(16)18/h1-7H,8-11,19H2. The Kier molecular flexibility index (Phi) is 6.54. The van der Waals surface area contributed by atoms with E-state index in [1.165, 1.54) is 0 Å². The summed E-state index contributed by atoms with van der Waals surface area (Å²) in [6.45, 7) is 1.57. The fourth-order valence-electron chi connectivity index (χ4n) is 1.90. The second-order valence-electron chi connectivity index (χ2n) is 4.42. The third kappa shape index (κ3) is 5.02. The SMILES string of the molecule is NCCc1cccc(Br)c1OCCOc1ccc(Br)cc1. The number of para-hydroxylation sites is 1. The van der Waals surface area contributed by atoms with E-state index >= 15 is 0 Å². The molecule has 0 amide bonds. The normalized spacial score (nSPS) is 10.4. The van der Waals surface area contributed by atoms with Gasteiger partial charge in [-0.3, -0.25) is 0 Å². The highest BCUT2D eigenvalue weighted by Crippen LogP contribution is 2.29. The molecule has 0 radical (unpaired) electrons. The van der Waals surface area contributed by atoms with Gasteiger partial charge in [-0.2, -0.15) is 0 Å². The molecule has 21 heavy (non-hydrogen) atoms. The fraction of sp³-hybridized carbons (Fsp3) is 0.250. The molecule has 2 aromatic rings. The van der Waals surface area contributed by atoms with E-state index in [0.717, 1.165) is 32.4 Å². The van der Waals surface area contributed by atoms with Crippen molar-refractivity contribution >= 4 is 31.9 Å². The van der Waals surface area contributed by atoms with Gasteiger partial charge in [0, 0.05) is 4.47 Å². The zero-order valence-electron chi connectivity index (χ0n) is 11.5. The molecule has 3 nitrogen and oxygen atoms in total. The van der Waals surface area contributed by atoms with Crippen LogP contribution in [-0.4, -0.2) is 19.8 Å². The Labute approximate surface area is 141 Å². The van der Waals surface area contributed by atoms with Crippen LogP contribution in [0.15, 0.2) is 51.4 Å². The summed E-state index contributed by atoms with van der Waals surface area (Å²) in [5.74, 6) is 1.68. The molecule has 5 heteroatoms. The average molecular weight is 415 g/mol. The molecule has 0 bridgehead atoms. The topological polar surface area (TPSA) is 44.5 Å². The van der Waals surface area contributed by atoms with Crippen LogP contribution < -0.4 is 15.2 Å².